The Kier molecular flexibility index (Phi) is 4.35. The standard InChI is InChI=1S/C7H10ClN3S/c1-9-4-5-12-6-2-3-10-7(8)11-6/h2-3,9H,4-5H2,1H3. The van der Waals surface area contributed by atoms with E-state index in [1.54, 1.807) is 18.0 Å². The average Bonchev–Trinajstić information content (AvgIpc) is 2.05. The summed E-state index contributed by atoms with van der Waals surface area (Å²) in [5.41, 5.74) is 0. The van der Waals surface area contributed by atoms with Gasteiger partial charge in [0.1, 0.15) is 5.03 Å². The van der Waals surface area contributed by atoms with Crippen LogP contribution >= 0.6 is 23.4 Å². The van der Waals surface area contributed by atoms with Gasteiger partial charge in [0.15, 0.2) is 0 Å². The van der Waals surface area contributed by atoms with E-state index in [-0.39, 0.29) is 0 Å². The molecule has 12 heavy (non-hydrogen) atoms. The lowest BCUT2D eigenvalue weighted by Crippen LogP contribution is -2.09. The summed E-state index contributed by atoms with van der Waals surface area (Å²) in [6.07, 6.45) is 1.66. The second-order valence-corrected chi connectivity index (χ2v) is 3.57. The molecular weight excluding hydrogens is 194 g/mol. The van der Waals surface area contributed by atoms with Crippen molar-refractivity contribution in [2.75, 3.05) is 19.3 Å². The summed E-state index contributed by atoms with van der Waals surface area (Å²) < 4.78 is 0. The van der Waals surface area contributed by atoms with E-state index in [1.165, 1.54) is 0 Å². The Morgan fingerprint density at radius 3 is 3.17 bits per heavy atom. The SMILES string of the molecule is CNCCSc1ccnc(Cl)n1. The van der Waals surface area contributed by atoms with E-state index in [4.69, 9.17) is 11.6 Å². The van der Waals surface area contributed by atoms with Crippen LogP contribution in [0.3, 0.4) is 0 Å². The van der Waals surface area contributed by atoms with Crippen LogP contribution in [0.2, 0.25) is 5.28 Å². The van der Waals surface area contributed by atoms with E-state index in [0.717, 1.165) is 17.3 Å². The number of nitrogens with zero attached hydrogens (tertiary/aromatic N) is 2. The highest BCUT2D eigenvalue weighted by Gasteiger charge is 1.95. The molecule has 0 saturated heterocycles. The molecule has 0 atom stereocenters. The molecule has 0 aliphatic rings. The molecule has 0 amide bonds. The summed E-state index contributed by atoms with van der Waals surface area (Å²) in [7, 11) is 1.92. The molecule has 0 aliphatic carbocycles. The molecular formula is C7H10ClN3S. The second kappa shape index (κ2) is 5.35. The Morgan fingerprint density at radius 1 is 1.67 bits per heavy atom. The first-order chi connectivity index (χ1) is 5.83. The zero-order valence-electron chi connectivity index (χ0n) is 6.75. The van der Waals surface area contributed by atoms with Crippen molar-refractivity contribution in [2.45, 2.75) is 5.03 Å². The minimum Gasteiger partial charge on any atom is -0.319 e. The summed E-state index contributed by atoms with van der Waals surface area (Å²) in [5.74, 6) is 0.990. The fourth-order valence-corrected chi connectivity index (χ4v) is 1.68. The van der Waals surface area contributed by atoms with Gasteiger partial charge >= 0.3 is 0 Å². The lowest BCUT2D eigenvalue weighted by molar-refractivity contribution is 0.870. The molecule has 66 valence electrons. The molecule has 5 heteroatoms. The Labute approximate surface area is 80.9 Å². The maximum Gasteiger partial charge on any atom is 0.223 e. The van der Waals surface area contributed by atoms with Crippen molar-refractivity contribution in [3.63, 3.8) is 0 Å². The number of hydrogen-bond acceptors (Lipinski definition) is 4. The molecule has 0 saturated carbocycles. The van der Waals surface area contributed by atoms with Crippen LogP contribution in [0.4, 0.5) is 0 Å². The normalized spacial score (nSPS) is 10.2. The van der Waals surface area contributed by atoms with Crippen molar-refractivity contribution in [3.8, 4) is 0 Å². The molecule has 1 rings (SSSR count). The molecule has 0 bridgehead atoms. The second-order valence-electron chi connectivity index (χ2n) is 2.12. The third-order valence-electron chi connectivity index (χ3n) is 1.20. The van der Waals surface area contributed by atoms with Crippen LogP contribution in [0.1, 0.15) is 0 Å². The number of thioether (sulfide) groups is 1. The lowest BCUT2D eigenvalue weighted by Gasteiger charge is -1.99. The minimum atomic E-state index is 0.310. The third kappa shape index (κ3) is 3.38. The quantitative estimate of drug-likeness (QED) is 0.348. The average molecular weight is 204 g/mol. The fourth-order valence-electron chi connectivity index (χ4n) is 0.658. The van der Waals surface area contributed by atoms with Gasteiger partial charge in [0.2, 0.25) is 5.28 Å². The van der Waals surface area contributed by atoms with Crippen molar-refractivity contribution in [2.24, 2.45) is 0 Å². The summed E-state index contributed by atoms with van der Waals surface area (Å²) in [6, 6.07) is 1.85. The maximum atomic E-state index is 5.61. The molecule has 0 aromatic carbocycles. The van der Waals surface area contributed by atoms with E-state index in [1.807, 2.05) is 13.1 Å². The maximum absolute atomic E-state index is 5.61. The lowest BCUT2D eigenvalue weighted by atomic mass is 10.7. The predicted molar refractivity (Wildman–Crippen MR) is 51.7 cm³/mol. The Morgan fingerprint density at radius 2 is 2.50 bits per heavy atom. The molecule has 0 unspecified atom stereocenters. The molecule has 1 heterocycles. The first kappa shape index (κ1) is 9.77. The van der Waals surface area contributed by atoms with Gasteiger partial charge in [-0.25, -0.2) is 9.97 Å². The van der Waals surface area contributed by atoms with Crippen LogP contribution < -0.4 is 5.32 Å². The highest BCUT2D eigenvalue weighted by molar-refractivity contribution is 7.99. The summed E-state index contributed by atoms with van der Waals surface area (Å²) in [5, 5.41) is 4.29. The van der Waals surface area contributed by atoms with Gasteiger partial charge in [0.05, 0.1) is 0 Å². The number of hydrogen-bond donors (Lipinski definition) is 1. The minimum absolute atomic E-state index is 0.310. The van der Waals surface area contributed by atoms with Gasteiger partial charge < -0.3 is 5.32 Å². The largest absolute Gasteiger partial charge is 0.319 e. The fraction of sp³-hybridized carbons (Fsp3) is 0.429. The molecule has 0 aliphatic heterocycles. The Balaban J connectivity index is 2.41. The van der Waals surface area contributed by atoms with Gasteiger partial charge in [-0.1, -0.05) is 0 Å². The molecule has 1 aromatic rings. The number of aromatic nitrogens is 2. The van der Waals surface area contributed by atoms with Crippen LogP contribution in [-0.4, -0.2) is 29.3 Å². The Hall–Kier alpha value is -0.320. The van der Waals surface area contributed by atoms with Crippen LogP contribution in [-0.2, 0) is 0 Å². The molecule has 1 N–H and O–H groups in total. The van der Waals surface area contributed by atoms with Gasteiger partial charge in [-0.15, -0.1) is 11.8 Å². The first-order valence-corrected chi connectivity index (χ1v) is 4.95. The van der Waals surface area contributed by atoms with Gasteiger partial charge in [-0.05, 0) is 24.7 Å². The Bertz CT molecular complexity index is 244. The predicted octanol–water partition coefficient (Wildman–Crippen LogP) is 1.44. The number of rotatable bonds is 4. The first-order valence-electron chi connectivity index (χ1n) is 3.59. The van der Waals surface area contributed by atoms with Gasteiger partial charge in [-0.2, -0.15) is 0 Å². The molecule has 0 spiro atoms. The van der Waals surface area contributed by atoms with Gasteiger partial charge in [-0.3, -0.25) is 0 Å². The van der Waals surface area contributed by atoms with E-state index in [0.29, 0.717) is 5.28 Å². The molecule has 0 fully saturated rings. The topological polar surface area (TPSA) is 37.8 Å². The number of nitrogens with one attached hydrogen (secondary N) is 1. The zero-order valence-corrected chi connectivity index (χ0v) is 8.32. The highest BCUT2D eigenvalue weighted by Crippen LogP contribution is 2.14. The van der Waals surface area contributed by atoms with E-state index < -0.39 is 0 Å². The van der Waals surface area contributed by atoms with Crippen LogP contribution in [0, 0.1) is 0 Å². The number of halogens is 1. The van der Waals surface area contributed by atoms with E-state index in [2.05, 4.69) is 15.3 Å². The third-order valence-corrected chi connectivity index (χ3v) is 2.32. The molecule has 3 nitrogen and oxygen atoms in total. The van der Waals surface area contributed by atoms with Crippen molar-refractivity contribution < 1.29 is 0 Å². The van der Waals surface area contributed by atoms with Gasteiger partial charge in [0.25, 0.3) is 0 Å². The monoisotopic (exact) mass is 203 g/mol. The zero-order chi connectivity index (χ0) is 8.81. The molecule has 1 aromatic heterocycles. The summed E-state index contributed by atoms with van der Waals surface area (Å²) >= 11 is 7.27. The van der Waals surface area contributed by atoms with E-state index >= 15 is 0 Å². The summed E-state index contributed by atoms with van der Waals surface area (Å²) in [6.45, 7) is 0.965. The van der Waals surface area contributed by atoms with Crippen molar-refractivity contribution >= 4 is 23.4 Å². The van der Waals surface area contributed by atoms with Crippen LogP contribution in [0.25, 0.3) is 0 Å². The van der Waals surface area contributed by atoms with Gasteiger partial charge in [0, 0.05) is 18.5 Å². The molecule has 0 radical (unpaired) electrons. The van der Waals surface area contributed by atoms with Crippen LogP contribution in [0.5, 0.6) is 0 Å². The van der Waals surface area contributed by atoms with Crippen molar-refractivity contribution in [1.82, 2.24) is 15.3 Å². The van der Waals surface area contributed by atoms with Crippen molar-refractivity contribution in [3.05, 3.63) is 17.5 Å². The summed E-state index contributed by atoms with van der Waals surface area (Å²) in [4.78, 5) is 7.83. The van der Waals surface area contributed by atoms with Crippen molar-refractivity contribution in [1.29, 1.82) is 0 Å². The van der Waals surface area contributed by atoms with E-state index in [9.17, 15) is 0 Å². The smallest absolute Gasteiger partial charge is 0.223 e. The van der Waals surface area contributed by atoms with Crippen LogP contribution in [0.15, 0.2) is 17.3 Å². The highest BCUT2D eigenvalue weighted by atomic mass is 35.5.